The second kappa shape index (κ2) is 10.2. The van der Waals surface area contributed by atoms with E-state index in [4.69, 9.17) is 4.74 Å². The molecule has 1 heterocycles. The molecule has 0 bridgehead atoms. The molecule has 108 valence electrons. The van der Waals surface area contributed by atoms with Crippen molar-refractivity contribution in [3.8, 4) is 5.88 Å². The van der Waals surface area contributed by atoms with E-state index >= 15 is 0 Å². The number of hydrogen-bond acceptors (Lipinski definition) is 3. The molecule has 1 rings (SSSR count). The van der Waals surface area contributed by atoms with E-state index in [2.05, 4.69) is 46.1 Å². The van der Waals surface area contributed by atoms with Crippen LogP contribution >= 0.6 is 15.9 Å². The molecular weight excluding hydrogens is 304 g/mol. The highest BCUT2D eigenvalue weighted by Gasteiger charge is 2.05. The first-order valence-corrected chi connectivity index (χ1v) is 8.05. The van der Waals surface area contributed by atoms with Crippen LogP contribution in [0.2, 0.25) is 0 Å². The molecule has 0 fully saturated rings. The van der Waals surface area contributed by atoms with E-state index in [1.807, 2.05) is 0 Å². The van der Waals surface area contributed by atoms with Gasteiger partial charge in [-0.3, -0.25) is 0 Å². The van der Waals surface area contributed by atoms with E-state index < -0.39 is 0 Å². The first-order chi connectivity index (χ1) is 9.27. The largest absolute Gasteiger partial charge is 0.477 e. The average Bonchev–Trinajstić information content (AvgIpc) is 2.42. The van der Waals surface area contributed by atoms with Gasteiger partial charge in [-0.25, -0.2) is 4.98 Å². The lowest BCUT2D eigenvalue weighted by Crippen LogP contribution is -2.13. The lowest BCUT2D eigenvalue weighted by Gasteiger charge is -2.11. The van der Waals surface area contributed by atoms with Gasteiger partial charge in [-0.2, -0.15) is 0 Å². The van der Waals surface area contributed by atoms with E-state index in [1.54, 1.807) is 6.20 Å². The Morgan fingerprint density at radius 2 is 2.00 bits per heavy atom. The van der Waals surface area contributed by atoms with Gasteiger partial charge in [0.25, 0.3) is 0 Å². The van der Waals surface area contributed by atoms with Crippen LogP contribution in [0.3, 0.4) is 0 Å². The zero-order chi connectivity index (χ0) is 13.9. The first kappa shape index (κ1) is 16.4. The maximum absolute atomic E-state index is 5.80. The fourth-order valence-electron chi connectivity index (χ4n) is 1.86. The van der Waals surface area contributed by atoms with E-state index in [9.17, 15) is 0 Å². The maximum atomic E-state index is 5.80. The van der Waals surface area contributed by atoms with Gasteiger partial charge >= 0.3 is 0 Å². The van der Waals surface area contributed by atoms with Crippen molar-refractivity contribution >= 4 is 15.9 Å². The summed E-state index contributed by atoms with van der Waals surface area (Å²) < 4.78 is 6.79. The molecule has 0 aliphatic heterocycles. The van der Waals surface area contributed by atoms with Crippen LogP contribution in [0.25, 0.3) is 0 Å². The first-order valence-electron chi connectivity index (χ1n) is 7.25. The van der Waals surface area contributed by atoms with Crippen molar-refractivity contribution in [1.82, 2.24) is 10.3 Å². The fourth-order valence-corrected chi connectivity index (χ4v) is 2.24. The number of halogens is 1. The van der Waals surface area contributed by atoms with Crippen LogP contribution in [0, 0.1) is 0 Å². The summed E-state index contributed by atoms with van der Waals surface area (Å²) in [6, 6.07) is 2.07. The summed E-state index contributed by atoms with van der Waals surface area (Å²) in [5, 5.41) is 3.31. The predicted molar refractivity (Wildman–Crippen MR) is 83.6 cm³/mol. The molecule has 0 saturated heterocycles. The Labute approximate surface area is 125 Å². The molecule has 0 saturated carbocycles. The molecule has 1 aromatic heterocycles. The third-order valence-electron chi connectivity index (χ3n) is 2.94. The molecular formula is C15H25BrN2O. The van der Waals surface area contributed by atoms with Crippen molar-refractivity contribution in [3.05, 3.63) is 22.3 Å². The van der Waals surface area contributed by atoms with Crippen molar-refractivity contribution < 1.29 is 4.74 Å². The molecule has 0 atom stereocenters. The van der Waals surface area contributed by atoms with Gasteiger partial charge in [0.2, 0.25) is 5.88 Å². The Morgan fingerprint density at radius 3 is 2.74 bits per heavy atom. The van der Waals surface area contributed by atoms with Crippen LogP contribution in [0.5, 0.6) is 5.88 Å². The Morgan fingerprint density at radius 1 is 1.21 bits per heavy atom. The Balaban J connectivity index is 2.38. The number of aromatic nitrogens is 1. The third-order valence-corrected chi connectivity index (χ3v) is 3.38. The summed E-state index contributed by atoms with van der Waals surface area (Å²) >= 11 is 3.45. The smallest absolute Gasteiger partial charge is 0.217 e. The minimum Gasteiger partial charge on any atom is -0.477 e. The predicted octanol–water partition coefficient (Wildman–Crippen LogP) is 4.30. The molecule has 1 N–H and O–H groups in total. The molecule has 0 radical (unpaired) electrons. The zero-order valence-electron chi connectivity index (χ0n) is 12.0. The number of ether oxygens (including phenoxy) is 1. The summed E-state index contributed by atoms with van der Waals surface area (Å²) in [6.07, 6.45) is 8.05. The van der Waals surface area contributed by atoms with Crippen LogP contribution in [0.15, 0.2) is 16.7 Å². The second-order valence-corrected chi connectivity index (χ2v) is 5.58. The molecule has 1 aromatic rings. The number of nitrogens with zero attached hydrogens (tertiary/aromatic N) is 1. The van der Waals surface area contributed by atoms with Gasteiger partial charge in [-0.05, 0) is 35.0 Å². The van der Waals surface area contributed by atoms with Crippen molar-refractivity contribution in [1.29, 1.82) is 0 Å². The van der Waals surface area contributed by atoms with Crippen molar-refractivity contribution in [3.63, 3.8) is 0 Å². The highest BCUT2D eigenvalue weighted by atomic mass is 79.9. The number of unbranched alkanes of at least 4 members (excludes halogenated alkanes) is 4. The number of rotatable bonds is 10. The lowest BCUT2D eigenvalue weighted by molar-refractivity contribution is 0.289. The van der Waals surface area contributed by atoms with E-state index in [0.717, 1.165) is 42.0 Å². The lowest BCUT2D eigenvalue weighted by atomic mass is 10.2. The monoisotopic (exact) mass is 328 g/mol. The Bertz CT molecular complexity index is 358. The number of hydrogen-bond donors (Lipinski definition) is 1. The third kappa shape index (κ3) is 6.92. The molecule has 4 heteroatoms. The summed E-state index contributed by atoms with van der Waals surface area (Å²) in [5.74, 6) is 0.764. The van der Waals surface area contributed by atoms with Crippen molar-refractivity contribution in [2.75, 3.05) is 13.2 Å². The summed E-state index contributed by atoms with van der Waals surface area (Å²) in [5.41, 5.74) is 1.12. The minimum atomic E-state index is 0.761. The normalized spacial score (nSPS) is 10.7. The molecule has 0 unspecified atom stereocenters. The average molecular weight is 329 g/mol. The highest BCUT2D eigenvalue weighted by Crippen LogP contribution is 2.20. The molecule has 0 aromatic carbocycles. The van der Waals surface area contributed by atoms with Gasteiger partial charge in [-0.1, -0.05) is 39.5 Å². The van der Waals surface area contributed by atoms with E-state index in [-0.39, 0.29) is 0 Å². The fraction of sp³-hybridized carbons (Fsp3) is 0.667. The molecule has 0 spiro atoms. The Hall–Kier alpha value is -0.610. The van der Waals surface area contributed by atoms with E-state index in [1.165, 1.54) is 25.7 Å². The van der Waals surface area contributed by atoms with Crippen LogP contribution in [0.4, 0.5) is 0 Å². The molecule has 0 aliphatic rings. The van der Waals surface area contributed by atoms with Gasteiger partial charge in [0, 0.05) is 22.8 Å². The summed E-state index contributed by atoms with van der Waals surface area (Å²) in [7, 11) is 0. The summed E-state index contributed by atoms with van der Waals surface area (Å²) in [6.45, 7) is 6.84. The van der Waals surface area contributed by atoms with Crippen LogP contribution in [0.1, 0.15) is 51.5 Å². The van der Waals surface area contributed by atoms with Gasteiger partial charge in [0.1, 0.15) is 0 Å². The zero-order valence-corrected chi connectivity index (χ0v) is 13.6. The van der Waals surface area contributed by atoms with Gasteiger partial charge < -0.3 is 10.1 Å². The standard InChI is InChI=1S/C15H25BrN2O/c1-3-5-6-7-8-9-19-15-13(11-17-4-2)10-14(16)12-18-15/h10,12,17H,3-9,11H2,1-2H3. The van der Waals surface area contributed by atoms with Gasteiger partial charge in [0.15, 0.2) is 0 Å². The van der Waals surface area contributed by atoms with Crippen molar-refractivity contribution in [2.45, 2.75) is 52.5 Å². The van der Waals surface area contributed by atoms with Crippen LogP contribution in [-0.4, -0.2) is 18.1 Å². The number of nitrogens with one attached hydrogen (secondary N) is 1. The Kier molecular flexibility index (Phi) is 8.84. The molecule has 0 amide bonds. The van der Waals surface area contributed by atoms with Gasteiger partial charge in [0.05, 0.1) is 6.61 Å². The second-order valence-electron chi connectivity index (χ2n) is 4.66. The SMILES string of the molecule is CCCCCCCOc1ncc(Br)cc1CNCC. The summed E-state index contributed by atoms with van der Waals surface area (Å²) in [4.78, 5) is 4.36. The van der Waals surface area contributed by atoms with E-state index in [0.29, 0.717) is 0 Å². The van der Waals surface area contributed by atoms with Crippen LogP contribution in [-0.2, 0) is 6.54 Å². The molecule has 19 heavy (non-hydrogen) atoms. The van der Waals surface area contributed by atoms with Crippen molar-refractivity contribution in [2.24, 2.45) is 0 Å². The topological polar surface area (TPSA) is 34.1 Å². The van der Waals surface area contributed by atoms with Crippen LogP contribution < -0.4 is 10.1 Å². The molecule has 0 aliphatic carbocycles. The van der Waals surface area contributed by atoms with Gasteiger partial charge in [-0.15, -0.1) is 0 Å². The minimum absolute atomic E-state index is 0.761. The highest BCUT2D eigenvalue weighted by molar-refractivity contribution is 9.10. The maximum Gasteiger partial charge on any atom is 0.217 e. The quantitative estimate of drug-likeness (QED) is 0.650. The number of pyridine rings is 1. The molecule has 3 nitrogen and oxygen atoms in total.